The molecule has 0 aliphatic rings. The minimum atomic E-state index is -5.08. The van der Waals surface area contributed by atoms with Crippen molar-refractivity contribution >= 4 is 76.0 Å². The molecule has 78 heavy (non-hydrogen) atoms. The SMILES string of the molecule is CCCC[C@H](NC(C)=O)C(=O)N[C@@H](CCC(N)=O)C(=O)N[C@@H](Cc1cnc[nH]1)C(=O)N[C@H](Cc1ccccc1)C(=O)N[C@@H](CCCN=C(N)N)C(=O)N[C@H](Cc1c[nH]c2ccccc12)C(=O)NCC(N)=O.O=C(O)C(F)(F)F. The summed E-state index contributed by atoms with van der Waals surface area (Å²) in [6.07, 6.45) is 0.135. The fraction of sp³-hybridized carbons (Fsp3) is 0.429. The van der Waals surface area contributed by atoms with Crippen LogP contribution in [0, 0.1) is 0 Å². The maximum absolute atomic E-state index is 14.6. The average Bonchev–Trinajstić information content (AvgIpc) is 4.07. The molecule has 9 amide bonds. The van der Waals surface area contributed by atoms with E-state index < -0.39 is 108 Å². The van der Waals surface area contributed by atoms with Crippen molar-refractivity contribution in [1.82, 2.24) is 52.2 Å². The first-order valence-corrected chi connectivity index (χ1v) is 24.4. The Balaban J connectivity index is 0.00000213. The number of guanidine groups is 1. The number of alkyl halides is 3. The van der Waals surface area contributed by atoms with Gasteiger partial charge in [0.25, 0.3) is 0 Å². The number of aliphatic carboxylic acids is 1. The number of aromatic nitrogens is 3. The van der Waals surface area contributed by atoms with Gasteiger partial charge >= 0.3 is 12.1 Å². The van der Waals surface area contributed by atoms with Gasteiger partial charge in [-0.2, -0.15) is 13.2 Å². The molecule has 6 atom stereocenters. The van der Waals surface area contributed by atoms with E-state index in [0.29, 0.717) is 29.7 Å². The number of imidazole rings is 1. The number of rotatable bonds is 30. The van der Waals surface area contributed by atoms with Crippen molar-refractivity contribution in [1.29, 1.82) is 0 Å². The van der Waals surface area contributed by atoms with Crippen molar-refractivity contribution in [2.45, 2.75) is 120 Å². The first-order chi connectivity index (χ1) is 36.9. The Morgan fingerprint density at radius 2 is 1.15 bits per heavy atom. The van der Waals surface area contributed by atoms with Gasteiger partial charge in [0, 0.05) is 68.1 Å². The summed E-state index contributed by atoms with van der Waals surface area (Å²) in [6, 6.07) is 8.10. The maximum Gasteiger partial charge on any atom is 0.490 e. The van der Waals surface area contributed by atoms with Crippen LogP contribution < -0.4 is 60.2 Å². The highest BCUT2D eigenvalue weighted by molar-refractivity contribution is 5.98. The molecular weight excluding hydrogens is 1030 g/mol. The molecule has 0 aliphatic carbocycles. The number of unbranched alkanes of at least 4 members (excludes halogenated alkanes) is 1. The van der Waals surface area contributed by atoms with Crippen LogP contribution in [-0.2, 0) is 67.2 Å². The van der Waals surface area contributed by atoms with E-state index in [1.807, 2.05) is 31.2 Å². The number of fused-ring (bicyclic) bond motifs is 1. The molecule has 0 unspecified atom stereocenters. The number of para-hydroxylation sites is 1. The molecule has 0 saturated heterocycles. The summed E-state index contributed by atoms with van der Waals surface area (Å²) in [5, 5.41) is 26.3. The number of carbonyl (C=O) groups excluding carboxylic acids is 9. The summed E-state index contributed by atoms with van der Waals surface area (Å²) >= 11 is 0. The number of halogens is 3. The fourth-order valence-corrected chi connectivity index (χ4v) is 7.52. The van der Waals surface area contributed by atoms with E-state index in [-0.39, 0.29) is 63.9 Å². The van der Waals surface area contributed by atoms with Gasteiger partial charge in [0.15, 0.2) is 5.96 Å². The number of primary amides is 2. The molecular formula is C49H66F3N15O11. The third kappa shape index (κ3) is 22.8. The Bertz CT molecular complexity index is 2700. The minimum Gasteiger partial charge on any atom is -0.475 e. The molecule has 0 bridgehead atoms. The minimum absolute atomic E-state index is 0.0348. The largest absolute Gasteiger partial charge is 0.490 e. The maximum atomic E-state index is 14.6. The molecule has 4 aromatic rings. The number of benzene rings is 2. The van der Waals surface area contributed by atoms with Gasteiger partial charge in [-0.3, -0.25) is 48.1 Å². The van der Waals surface area contributed by atoms with Crippen molar-refractivity contribution in [2.75, 3.05) is 13.1 Å². The lowest BCUT2D eigenvalue weighted by Gasteiger charge is -2.28. The number of hydrogen-bond donors (Lipinski definition) is 14. The normalized spacial score (nSPS) is 13.2. The molecule has 2 aromatic carbocycles. The number of hydrogen-bond acceptors (Lipinski definition) is 12. The van der Waals surface area contributed by atoms with Crippen LogP contribution in [-0.4, -0.2) is 141 Å². The van der Waals surface area contributed by atoms with Gasteiger partial charge < -0.3 is 75.2 Å². The number of carbonyl (C=O) groups is 10. The summed E-state index contributed by atoms with van der Waals surface area (Å²) in [5.74, 6) is -9.80. The van der Waals surface area contributed by atoms with E-state index in [2.05, 4.69) is 57.2 Å². The molecule has 0 aliphatic heterocycles. The molecule has 0 saturated carbocycles. The van der Waals surface area contributed by atoms with Crippen molar-refractivity contribution in [3.8, 4) is 0 Å². The second-order valence-corrected chi connectivity index (χ2v) is 17.7. The topological polar surface area (TPSA) is 436 Å². The lowest BCUT2D eigenvalue weighted by Crippen LogP contribution is -2.60. The highest BCUT2D eigenvalue weighted by atomic mass is 19.4. The van der Waals surface area contributed by atoms with Crippen LogP contribution in [0.15, 0.2) is 78.3 Å². The Morgan fingerprint density at radius 1 is 0.641 bits per heavy atom. The molecule has 26 nitrogen and oxygen atoms in total. The van der Waals surface area contributed by atoms with Gasteiger partial charge in [-0.15, -0.1) is 0 Å². The lowest BCUT2D eigenvalue weighted by atomic mass is 10.0. The van der Waals surface area contributed by atoms with Crippen LogP contribution in [0.2, 0.25) is 0 Å². The van der Waals surface area contributed by atoms with E-state index in [0.717, 1.165) is 10.9 Å². The smallest absolute Gasteiger partial charge is 0.475 e. The number of nitrogens with two attached hydrogens (primary N) is 4. The Labute approximate surface area is 445 Å². The lowest BCUT2D eigenvalue weighted by molar-refractivity contribution is -0.192. The molecule has 0 radical (unpaired) electrons. The molecule has 0 fully saturated rings. The van der Waals surface area contributed by atoms with Gasteiger partial charge in [0.2, 0.25) is 53.2 Å². The Kier molecular flexibility index (Phi) is 25.7. The van der Waals surface area contributed by atoms with E-state index in [1.54, 1.807) is 36.5 Å². The quantitative estimate of drug-likeness (QED) is 0.0162. The zero-order chi connectivity index (χ0) is 58.0. The zero-order valence-corrected chi connectivity index (χ0v) is 42.7. The van der Waals surface area contributed by atoms with Gasteiger partial charge in [0.1, 0.15) is 36.3 Å². The standard InChI is InChI=1S/C47H65N15O9.C2HF3O2/c1-3-4-14-33(57-27(2)63)42(67)59-35(17-18-39(48)64)44(69)62-38(22-30-24-52-26-56-30)46(71)60-36(20-28-11-6-5-7-12-28)45(70)58-34(16-10-19-53-47(50)51)43(68)61-37(41(66)55-25-40(49)65)21-29-23-54-32-15-9-8-13-31(29)32;3-2(4,5)1(6)7/h5-9,11-13,15,23-24,26,33-38,54H,3-4,10,14,16-22,25H2,1-2H3,(H2,48,64)(H2,49,65)(H,52,56)(H,55,66)(H,57,63)(H,58,70)(H,59,67)(H,60,71)(H,61,68)(H,62,69)(H4,50,51,53);(H,6,7)/t33-,34-,35-,36+,37+,38-;/m0./s1. The molecule has 2 heterocycles. The van der Waals surface area contributed by atoms with Crippen LogP contribution in [0.5, 0.6) is 0 Å². The van der Waals surface area contributed by atoms with Crippen LogP contribution >= 0.6 is 0 Å². The molecule has 18 N–H and O–H groups in total. The molecule has 4 rings (SSSR count). The van der Waals surface area contributed by atoms with E-state index in [1.165, 1.54) is 19.4 Å². The molecule has 29 heteroatoms. The summed E-state index contributed by atoms with van der Waals surface area (Å²) < 4.78 is 31.7. The fourth-order valence-electron chi connectivity index (χ4n) is 7.52. The first-order valence-electron chi connectivity index (χ1n) is 24.4. The Morgan fingerprint density at radius 3 is 1.68 bits per heavy atom. The summed E-state index contributed by atoms with van der Waals surface area (Å²) in [5.41, 5.74) is 24.3. The van der Waals surface area contributed by atoms with Gasteiger partial charge in [-0.05, 0) is 42.9 Å². The van der Waals surface area contributed by atoms with Crippen LogP contribution in [0.3, 0.4) is 0 Å². The third-order valence-electron chi connectivity index (χ3n) is 11.4. The van der Waals surface area contributed by atoms with Crippen LogP contribution in [0.25, 0.3) is 10.9 Å². The average molecular weight is 1100 g/mol. The van der Waals surface area contributed by atoms with Crippen molar-refractivity contribution in [3.63, 3.8) is 0 Å². The van der Waals surface area contributed by atoms with Gasteiger partial charge in [-0.25, -0.2) is 9.78 Å². The predicted octanol–water partition coefficient (Wildman–Crippen LogP) is -1.41. The number of nitrogens with one attached hydrogen (secondary N) is 9. The van der Waals surface area contributed by atoms with Crippen molar-refractivity contribution in [3.05, 3.63) is 90.1 Å². The predicted molar refractivity (Wildman–Crippen MR) is 275 cm³/mol. The number of amides is 9. The monoisotopic (exact) mass is 1100 g/mol. The van der Waals surface area contributed by atoms with E-state index in [4.69, 9.17) is 32.8 Å². The number of carboxylic acid groups (broad SMARTS) is 1. The number of aliphatic imine (C=N–C) groups is 1. The van der Waals surface area contributed by atoms with Crippen LogP contribution in [0.4, 0.5) is 13.2 Å². The van der Waals surface area contributed by atoms with Gasteiger partial charge in [0.05, 0.1) is 12.9 Å². The van der Waals surface area contributed by atoms with E-state index in [9.17, 15) is 56.3 Å². The Hall–Kier alpha value is -9.05. The number of carboxylic acids is 1. The van der Waals surface area contributed by atoms with Crippen LogP contribution in [0.1, 0.15) is 75.6 Å². The zero-order valence-electron chi connectivity index (χ0n) is 42.7. The second-order valence-electron chi connectivity index (χ2n) is 17.7. The third-order valence-corrected chi connectivity index (χ3v) is 11.4. The number of H-pyrrole nitrogens is 2. The summed E-state index contributed by atoms with van der Waals surface area (Å²) in [7, 11) is 0. The molecule has 424 valence electrons. The molecule has 2 aromatic heterocycles. The molecule has 0 spiro atoms. The van der Waals surface area contributed by atoms with Crippen molar-refractivity contribution < 1.29 is 66.2 Å². The summed E-state index contributed by atoms with van der Waals surface area (Å²) in [4.78, 5) is 143. The highest BCUT2D eigenvalue weighted by Gasteiger charge is 2.38. The highest BCUT2D eigenvalue weighted by Crippen LogP contribution is 2.20. The van der Waals surface area contributed by atoms with Gasteiger partial charge in [-0.1, -0.05) is 68.3 Å². The van der Waals surface area contributed by atoms with E-state index >= 15 is 0 Å². The summed E-state index contributed by atoms with van der Waals surface area (Å²) in [6.45, 7) is 2.70. The first kappa shape index (κ1) is 63.2. The second kappa shape index (κ2) is 31.7. The van der Waals surface area contributed by atoms with Crippen molar-refractivity contribution in [2.24, 2.45) is 27.9 Å². The number of nitrogens with zero attached hydrogens (tertiary/aromatic N) is 2. The number of aromatic amines is 2.